The number of nitrogens with zero attached hydrogens (tertiary/aromatic N) is 2. The van der Waals surface area contributed by atoms with Crippen molar-refractivity contribution in [2.45, 2.75) is 12.8 Å². The van der Waals surface area contributed by atoms with E-state index in [1.807, 2.05) is 12.1 Å². The van der Waals surface area contributed by atoms with Crippen molar-refractivity contribution in [2.24, 2.45) is 0 Å². The summed E-state index contributed by atoms with van der Waals surface area (Å²) in [4.78, 5) is 12.4. The van der Waals surface area contributed by atoms with Crippen molar-refractivity contribution in [1.29, 1.82) is 0 Å². The molecule has 1 aliphatic heterocycles. The van der Waals surface area contributed by atoms with Gasteiger partial charge in [0.25, 0.3) is 0 Å². The van der Waals surface area contributed by atoms with E-state index in [9.17, 15) is 4.79 Å². The van der Waals surface area contributed by atoms with E-state index in [2.05, 4.69) is 10.2 Å². The second-order valence-corrected chi connectivity index (χ2v) is 4.21. The zero-order chi connectivity index (χ0) is 12.4. The number of benzene rings is 1. The lowest BCUT2D eigenvalue weighted by Gasteiger charge is -2.19. The number of hydrogen-bond acceptors (Lipinski definition) is 4. The number of ether oxygens (including phenoxy) is 1. The zero-order valence-electron chi connectivity index (χ0n) is 9.80. The summed E-state index contributed by atoms with van der Waals surface area (Å²) in [6.45, 7) is 0.673. The molecular formula is C14H12N2O2. The van der Waals surface area contributed by atoms with Gasteiger partial charge in [0.15, 0.2) is 5.78 Å². The Morgan fingerprint density at radius 2 is 2.17 bits per heavy atom. The minimum Gasteiger partial charge on any atom is -0.493 e. The van der Waals surface area contributed by atoms with E-state index < -0.39 is 0 Å². The summed E-state index contributed by atoms with van der Waals surface area (Å²) in [5.41, 5.74) is 2.25. The maximum Gasteiger partial charge on any atom is 0.198 e. The first kappa shape index (κ1) is 10.9. The number of carbonyl (C=O) groups excluding carboxylic acids is 1. The summed E-state index contributed by atoms with van der Waals surface area (Å²) in [5.74, 6) is 0.661. The highest BCUT2D eigenvalue weighted by Crippen LogP contribution is 2.30. The van der Waals surface area contributed by atoms with Gasteiger partial charge in [-0.05, 0) is 30.5 Å². The van der Waals surface area contributed by atoms with E-state index in [0.29, 0.717) is 17.7 Å². The van der Waals surface area contributed by atoms with Crippen LogP contribution in [0.1, 0.15) is 27.9 Å². The minimum atomic E-state index is -0.0661. The van der Waals surface area contributed by atoms with E-state index in [1.165, 1.54) is 12.4 Å². The fourth-order valence-electron chi connectivity index (χ4n) is 2.15. The first-order valence-electron chi connectivity index (χ1n) is 5.92. The zero-order valence-corrected chi connectivity index (χ0v) is 9.80. The molecule has 0 bridgehead atoms. The van der Waals surface area contributed by atoms with Crippen LogP contribution in [0.25, 0.3) is 0 Å². The molecule has 18 heavy (non-hydrogen) atoms. The van der Waals surface area contributed by atoms with Crippen molar-refractivity contribution in [2.75, 3.05) is 6.61 Å². The molecule has 2 heterocycles. The standard InChI is InChI=1S/C14H12N2O2/c17-13(11-6-7-15-16-9-11)12-5-1-3-10-4-2-8-18-14(10)12/h1,3,5-7,9H,2,4,8H2. The van der Waals surface area contributed by atoms with E-state index in [-0.39, 0.29) is 5.78 Å². The number of para-hydroxylation sites is 1. The fourth-order valence-corrected chi connectivity index (χ4v) is 2.15. The van der Waals surface area contributed by atoms with Crippen molar-refractivity contribution in [3.63, 3.8) is 0 Å². The number of fused-ring (bicyclic) bond motifs is 1. The number of rotatable bonds is 2. The molecule has 1 aromatic carbocycles. The van der Waals surface area contributed by atoms with Gasteiger partial charge in [-0.1, -0.05) is 12.1 Å². The molecule has 0 amide bonds. The Kier molecular flexibility index (Phi) is 2.76. The number of aromatic nitrogens is 2. The van der Waals surface area contributed by atoms with E-state index in [0.717, 1.165) is 24.2 Å². The van der Waals surface area contributed by atoms with Crippen LogP contribution >= 0.6 is 0 Å². The van der Waals surface area contributed by atoms with Crippen molar-refractivity contribution in [3.8, 4) is 5.75 Å². The van der Waals surface area contributed by atoms with Crippen LogP contribution in [0.3, 0.4) is 0 Å². The highest BCUT2D eigenvalue weighted by Gasteiger charge is 2.20. The summed E-state index contributed by atoms with van der Waals surface area (Å²) >= 11 is 0. The molecular weight excluding hydrogens is 228 g/mol. The maximum atomic E-state index is 12.4. The van der Waals surface area contributed by atoms with Gasteiger partial charge in [0.1, 0.15) is 5.75 Å². The number of carbonyl (C=O) groups is 1. The number of aryl methyl sites for hydroxylation is 1. The third-order valence-electron chi connectivity index (χ3n) is 3.02. The van der Waals surface area contributed by atoms with Gasteiger partial charge in [0.05, 0.1) is 24.6 Å². The molecule has 3 rings (SSSR count). The minimum absolute atomic E-state index is 0.0661. The molecule has 0 unspecified atom stereocenters. The molecule has 0 spiro atoms. The summed E-state index contributed by atoms with van der Waals surface area (Å²) in [6.07, 6.45) is 4.96. The highest BCUT2D eigenvalue weighted by atomic mass is 16.5. The molecule has 0 aliphatic carbocycles. The van der Waals surface area contributed by atoms with Crippen LogP contribution in [0.2, 0.25) is 0 Å². The molecule has 1 aromatic heterocycles. The Labute approximate surface area is 105 Å². The van der Waals surface area contributed by atoms with Crippen LogP contribution < -0.4 is 4.74 Å². The van der Waals surface area contributed by atoms with E-state index in [4.69, 9.17) is 4.74 Å². The predicted octanol–water partition coefficient (Wildman–Crippen LogP) is 2.03. The molecule has 0 N–H and O–H groups in total. The molecule has 90 valence electrons. The largest absolute Gasteiger partial charge is 0.493 e. The maximum absolute atomic E-state index is 12.4. The first-order chi connectivity index (χ1) is 8.86. The Morgan fingerprint density at radius 3 is 3.00 bits per heavy atom. The molecule has 4 heteroatoms. The molecule has 2 aromatic rings. The van der Waals surface area contributed by atoms with Crippen molar-refractivity contribution in [1.82, 2.24) is 10.2 Å². The average Bonchev–Trinajstić information content (AvgIpc) is 2.47. The fraction of sp³-hybridized carbons (Fsp3) is 0.214. The molecule has 0 fully saturated rings. The van der Waals surface area contributed by atoms with Crippen molar-refractivity contribution < 1.29 is 9.53 Å². The summed E-state index contributed by atoms with van der Waals surface area (Å²) in [6, 6.07) is 7.37. The molecule has 0 radical (unpaired) electrons. The normalized spacial score (nSPS) is 13.6. The molecule has 0 saturated heterocycles. The Balaban J connectivity index is 2.05. The number of ketones is 1. The Hall–Kier alpha value is -2.23. The lowest BCUT2D eigenvalue weighted by molar-refractivity contribution is 0.103. The summed E-state index contributed by atoms with van der Waals surface area (Å²) < 4.78 is 5.64. The Morgan fingerprint density at radius 1 is 1.22 bits per heavy atom. The average molecular weight is 240 g/mol. The Bertz CT molecular complexity index is 582. The van der Waals surface area contributed by atoms with Crippen molar-refractivity contribution in [3.05, 3.63) is 53.3 Å². The second-order valence-electron chi connectivity index (χ2n) is 4.21. The van der Waals surface area contributed by atoms with Gasteiger partial charge in [-0.25, -0.2) is 0 Å². The van der Waals surface area contributed by atoms with Gasteiger partial charge >= 0.3 is 0 Å². The van der Waals surface area contributed by atoms with Gasteiger partial charge in [-0.15, -0.1) is 0 Å². The lowest BCUT2D eigenvalue weighted by atomic mass is 9.98. The summed E-state index contributed by atoms with van der Waals surface area (Å²) in [7, 11) is 0. The van der Waals surface area contributed by atoms with Crippen LogP contribution in [0, 0.1) is 0 Å². The quantitative estimate of drug-likeness (QED) is 0.754. The summed E-state index contributed by atoms with van der Waals surface area (Å²) in [5, 5.41) is 7.41. The first-order valence-corrected chi connectivity index (χ1v) is 5.92. The second kappa shape index (κ2) is 4.56. The van der Waals surface area contributed by atoms with Crippen LogP contribution in [0.15, 0.2) is 36.7 Å². The molecule has 0 saturated carbocycles. The van der Waals surface area contributed by atoms with E-state index >= 15 is 0 Å². The topological polar surface area (TPSA) is 52.1 Å². The monoisotopic (exact) mass is 240 g/mol. The molecule has 0 atom stereocenters. The van der Waals surface area contributed by atoms with Gasteiger partial charge in [-0.2, -0.15) is 10.2 Å². The van der Waals surface area contributed by atoms with Gasteiger partial charge < -0.3 is 4.74 Å². The molecule has 1 aliphatic rings. The SMILES string of the molecule is O=C(c1ccnnc1)c1cccc2c1OCCC2. The third kappa shape index (κ3) is 1.86. The van der Waals surface area contributed by atoms with Gasteiger partial charge in [0.2, 0.25) is 0 Å². The predicted molar refractivity (Wildman–Crippen MR) is 65.7 cm³/mol. The third-order valence-corrected chi connectivity index (χ3v) is 3.02. The van der Waals surface area contributed by atoms with Crippen molar-refractivity contribution >= 4 is 5.78 Å². The van der Waals surface area contributed by atoms with Crippen LogP contribution in [-0.2, 0) is 6.42 Å². The smallest absolute Gasteiger partial charge is 0.198 e. The van der Waals surface area contributed by atoms with Gasteiger partial charge in [0, 0.05) is 5.56 Å². The lowest BCUT2D eigenvalue weighted by Crippen LogP contribution is -2.13. The number of hydrogen-bond donors (Lipinski definition) is 0. The highest BCUT2D eigenvalue weighted by molar-refractivity contribution is 6.10. The van der Waals surface area contributed by atoms with Crippen LogP contribution in [-0.4, -0.2) is 22.6 Å². The van der Waals surface area contributed by atoms with Gasteiger partial charge in [-0.3, -0.25) is 4.79 Å². The van der Waals surface area contributed by atoms with E-state index in [1.54, 1.807) is 12.1 Å². The van der Waals surface area contributed by atoms with Crippen LogP contribution in [0.4, 0.5) is 0 Å². The van der Waals surface area contributed by atoms with Crippen LogP contribution in [0.5, 0.6) is 5.75 Å². The molecule has 4 nitrogen and oxygen atoms in total.